The molecule has 0 unspecified atom stereocenters. The highest BCUT2D eigenvalue weighted by molar-refractivity contribution is 7.92. The zero-order chi connectivity index (χ0) is 17.9. The van der Waals surface area contributed by atoms with Crippen LogP contribution in [0, 0.1) is 6.92 Å². The van der Waals surface area contributed by atoms with Crippen molar-refractivity contribution >= 4 is 15.7 Å². The Hall–Kier alpha value is -2.79. The number of methoxy groups -OCH3 is 1. The van der Waals surface area contributed by atoms with Crippen molar-refractivity contribution in [2.24, 2.45) is 0 Å². The fourth-order valence-corrected chi connectivity index (χ4v) is 3.72. The fourth-order valence-electron chi connectivity index (χ4n) is 2.61. The smallest absolute Gasteiger partial charge is 0.261 e. The molecule has 0 aliphatic heterocycles. The van der Waals surface area contributed by atoms with E-state index in [0.29, 0.717) is 5.69 Å². The molecule has 0 saturated heterocycles. The normalized spacial score (nSPS) is 11.1. The molecular formula is C20H19NO3S. The van der Waals surface area contributed by atoms with Gasteiger partial charge < -0.3 is 4.74 Å². The Labute approximate surface area is 148 Å². The molecule has 0 aliphatic rings. The number of rotatable bonds is 5. The van der Waals surface area contributed by atoms with Crippen molar-refractivity contribution in [1.82, 2.24) is 0 Å². The minimum absolute atomic E-state index is 0.228. The Bertz CT molecular complexity index is 983. The highest BCUT2D eigenvalue weighted by Gasteiger charge is 2.16. The molecule has 0 spiro atoms. The molecular weight excluding hydrogens is 334 g/mol. The summed E-state index contributed by atoms with van der Waals surface area (Å²) in [4.78, 5) is 0.228. The maximum Gasteiger partial charge on any atom is 0.261 e. The first-order valence-electron chi connectivity index (χ1n) is 7.83. The van der Waals surface area contributed by atoms with E-state index in [2.05, 4.69) is 4.72 Å². The lowest BCUT2D eigenvalue weighted by molar-refractivity contribution is 0.412. The summed E-state index contributed by atoms with van der Waals surface area (Å²) in [5.41, 5.74) is 3.22. The number of aryl methyl sites for hydroxylation is 1. The van der Waals surface area contributed by atoms with Gasteiger partial charge >= 0.3 is 0 Å². The van der Waals surface area contributed by atoms with Crippen molar-refractivity contribution in [2.45, 2.75) is 11.8 Å². The fraction of sp³-hybridized carbons (Fsp3) is 0.100. The van der Waals surface area contributed by atoms with Crippen LogP contribution in [0.15, 0.2) is 77.7 Å². The molecule has 0 heterocycles. The van der Waals surface area contributed by atoms with Gasteiger partial charge in [-0.05, 0) is 42.3 Å². The lowest BCUT2D eigenvalue weighted by atomic mass is 10.0. The number of nitrogens with one attached hydrogen (secondary N) is 1. The van der Waals surface area contributed by atoms with Crippen LogP contribution in [0.25, 0.3) is 11.1 Å². The molecule has 0 aromatic heterocycles. The lowest BCUT2D eigenvalue weighted by Gasteiger charge is -2.14. The van der Waals surface area contributed by atoms with E-state index in [1.165, 1.54) is 0 Å². The first kappa shape index (κ1) is 17.0. The largest absolute Gasteiger partial charge is 0.496 e. The molecule has 3 aromatic carbocycles. The predicted molar refractivity (Wildman–Crippen MR) is 100 cm³/mol. The second-order valence-electron chi connectivity index (χ2n) is 5.65. The monoisotopic (exact) mass is 353 g/mol. The molecule has 0 amide bonds. The Kier molecular flexibility index (Phi) is 4.76. The first-order valence-corrected chi connectivity index (χ1v) is 9.31. The molecule has 25 heavy (non-hydrogen) atoms. The number of benzene rings is 3. The van der Waals surface area contributed by atoms with Crippen LogP contribution >= 0.6 is 0 Å². The van der Waals surface area contributed by atoms with Gasteiger partial charge in [0.1, 0.15) is 5.75 Å². The molecule has 3 rings (SSSR count). The van der Waals surface area contributed by atoms with Gasteiger partial charge in [0.15, 0.2) is 0 Å². The second-order valence-corrected chi connectivity index (χ2v) is 7.33. The number of para-hydroxylation sites is 1. The Morgan fingerprint density at radius 3 is 2.28 bits per heavy atom. The van der Waals surface area contributed by atoms with Crippen LogP contribution in [-0.2, 0) is 10.0 Å². The summed E-state index contributed by atoms with van der Waals surface area (Å²) >= 11 is 0. The molecule has 5 heteroatoms. The van der Waals surface area contributed by atoms with E-state index < -0.39 is 10.0 Å². The van der Waals surface area contributed by atoms with Gasteiger partial charge in [-0.3, -0.25) is 4.72 Å². The Morgan fingerprint density at radius 1 is 0.880 bits per heavy atom. The molecule has 1 N–H and O–H groups in total. The molecule has 128 valence electrons. The minimum atomic E-state index is -3.65. The van der Waals surface area contributed by atoms with Crippen LogP contribution in [0.4, 0.5) is 5.69 Å². The highest BCUT2D eigenvalue weighted by Crippen LogP contribution is 2.32. The number of sulfonamides is 1. The van der Waals surface area contributed by atoms with E-state index in [-0.39, 0.29) is 4.90 Å². The van der Waals surface area contributed by atoms with E-state index >= 15 is 0 Å². The van der Waals surface area contributed by atoms with E-state index in [1.807, 2.05) is 37.3 Å². The van der Waals surface area contributed by atoms with E-state index in [4.69, 9.17) is 4.74 Å². The Morgan fingerprint density at radius 2 is 1.56 bits per heavy atom. The van der Waals surface area contributed by atoms with Crippen LogP contribution in [-0.4, -0.2) is 15.5 Å². The Balaban J connectivity index is 2.03. The third-order valence-electron chi connectivity index (χ3n) is 3.94. The highest BCUT2D eigenvalue weighted by atomic mass is 32.2. The van der Waals surface area contributed by atoms with Crippen LogP contribution in [0.2, 0.25) is 0 Å². The summed E-state index contributed by atoms with van der Waals surface area (Å²) in [5.74, 6) is 0.762. The maximum atomic E-state index is 12.6. The average molecular weight is 353 g/mol. The second kappa shape index (κ2) is 6.99. The van der Waals surface area contributed by atoms with E-state index in [0.717, 1.165) is 22.4 Å². The van der Waals surface area contributed by atoms with Gasteiger partial charge in [-0.1, -0.05) is 48.5 Å². The third kappa shape index (κ3) is 3.67. The van der Waals surface area contributed by atoms with Crippen LogP contribution in [0.3, 0.4) is 0 Å². The van der Waals surface area contributed by atoms with Gasteiger partial charge in [-0.2, -0.15) is 0 Å². The van der Waals surface area contributed by atoms with E-state index in [1.54, 1.807) is 49.6 Å². The van der Waals surface area contributed by atoms with Crippen molar-refractivity contribution in [2.75, 3.05) is 11.8 Å². The average Bonchev–Trinajstić information content (AvgIpc) is 2.63. The molecule has 0 atom stereocenters. The van der Waals surface area contributed by atoms with Crippen LogP contribution in [0.1, 0.15) is 5.56 Å². The van der Waals surface area contributed by atoms with Crippen molar-refractivity contribution < 1.29 is 13.2 Å². The lowest BCUT2D eigenvalue weighted by Crippen LogP contribution is -2.13. The van der Waals surface area contributed by atoms with Gasteiger partial charge in [-0.15, -0.1) is 0 Å². The SMILES string of the molecule is COc1cc(-c2ccccc2NS(=O)(=O)c2ccccc2)ccc1C. The van der Waals surface area contributed by atoms with Crippen LogP contribution in [0.5, 0.6) is 5.75 Å². The van der Waals surface area contributed by atoms with Gasteiger partial charge in [0, 0.05) is 5.56 Å². The minimum Gasteiger partial charge on any atom is -0.496 e. The standard InChI is InChI=1S/C20H19NO3S/c1-15-12-13-16(14-20(15)24-2)18-10-6-7-11-19(18)21-25(22,23)17-8-4-3-5-9-17/h3-14,21H,1-2H3. The van der Waals surface area contributed by atoms with Gasteiger partial charge in [0.05, 0.1) is 17.7 Å². The van der Waals surface area contributed by atoms with Crippen molar-refractivity contribution in [3.63, 3.8) is 0 Å². The number of anilines is 1. The maximum absolute atomic E-state index is 12.6. The molecule has 3 aromatic rings. The summed E-state index contributed by atoms with van der Waals surface area (Å²) in [6.45, 7) is 1.96. The van der Waals surface area contributed by atoms with Gasteiger partial charge in [0.2, 0.25) is 0 Å². The predicted octanol–water partition coefficient (Wildman–Crippen LogP) is 4.47. The van der Waals surface area contributed by atoms with E-state index in [9.17, 15) is 8.42 Å². The summed E-state index contributed by atoms with van der Waals surface area (Å²) < 4.78 is 33.3. The zero-order valence-corrected chi connectivity index (χ0v) is 14.9. The summed E-state index contributed by atoms with van der Waals surface area (Å²) in [5, 5.41) is 0. The van der Waals surface area contributed by atoms with Crippen LogP contribution < -0.4 is 9.46 Å². The summed E-state index contributed by atoms with van der Waals surface area (Å²) in [6, 6.07) is 21.5. The number of hydrogen-bond donors (Lipinski definition) is 1. The van der Waals surface area contributed by atoms with Crippen molar-refractivity contribution in [1.29, 1.82) is 0 Å². The summed E-state index contributed by atoms with van der Waals surface area (Å²) in [7, 11) is -2.03. The molecule has 0 fully saturated rings. The number of hydrogen-bond acceptors (Lipinski definition) is 3. The topological polar surface area (TPSA) is 55.4 Å². The molecule has 0 bridgehead atoms. The number of ether oxygens (including phenoxy) is 1. The third-order valence-corrected chi connectivity index (χ3v) is 5.33. The first-order chi connectivity index (χ1) is 12.0. The van der Waals surface area contributed by atoms with Gasteiger partial charge in [0.25, 0.3) is 10.0 Å². The molecule has 4 nitrogen and oxygen atoms in total. The van der Waals surface area contributed by atoms with Crippen molar-refractivity contribution in [3.8, 4) is 16.9 Å². The molecule has 0 radical (unpaired) electrons. The molecule has 0 saturated carbocycles. The summed E-state index contributed by atoms with van der Waals surface area (Å²) in [6.07, 6.45) is 0. The zero-order valence-electron chi connectivity index (χ0n) is 14.1. The molecule has 0 aliphatic carbocycles. The van der Waals surface area contributed by atoms with Crippen molar-refractivity contribution in [3.05, 3.63) is 78.4 Å². The van der Waals surface area contributed by atoms with Gasteiger partial charge in [-0.25, -0.2) is 8.42 Å². The quantitative estimate of drug-likeness (QED) is 0.736.